The molecule has 2 atom stereocenters. The number of carbonyl (C=O) groups excluding carboxylic acids is 4. The fourth-order valence-electron chi connectivity index (χ4n) is 4.94. The molecule has 224 valence electrons. The van der Waals surface area contributed by atoms with Gasteiger partial charge in [-0.1, -0.05) is 43.0 Å². The highest BCUT2D eigenvalue weighted by molar-refractivity contribution is 5.90. The van der Waals surface area contributed by atoms with E-state index >= 15 is 0 Å². The van der Waals surface area contributed by atoms with Crippen molar-refractivity contribution in [1.82, 2.24) is 25.8 Å². The van der Waals surface area contributed by atoms with Crippen molar-refractivity contribution in [2.75, 3.05) is 11.9 Å². The molecular weight excluding hydrogens is 532 g/mol. The molecule has 5 N–H and O–H groups in total. The van der Waals surface area contributed by atoms with E-state index in [0.717, 1.165) is 25.7 Å². The fraction of sp³-hybridized carbons (Fsp3) is 0.571. The first-order valence-electron chi connectivity index (χ1n) is 14.1. The number of carbonyl (C=O) groups is 4. The molecule has 2 unspecified atom stereocenters. The van der Waals surface area contributed by atoms with Crippen molar-refractivity contribution >= 4 is 29.4 Å². The standard InChI is InChI=1S/C28H40N6O7/c1-2-41-28(39)26(37)20-10-12-22(13-11-20)30-24(35)9-5-6-14-34-18-23(31-33-34)17-29-27(38)21(16-25(36)32-40)15-19-7-3-4-8-19/h10-13,18-19,21,26,37,40H,2-9,14-17H2,1H3,(H,29,38)(H,30,35)(H,32,36). The number of anilines is 1. The number of ether oxygens (including phenoxy) is 1. The molecule has 3 rings (SSSR count). The first-order valence-corrected chi connectivity index (χ1v) is 14.1. The van der Waals surface area contributed by atoms with Crippen molar-refractivity contribution in [3.8, 4) is 0 Å². The summed E-state index contributed by atoms with van der Waals surface area (Å²) in [7, 11) is 0. The Morgan fingerprint density at radius 3 is 2.51 bits per heavy atom. The van der Waals surface area contributed by atoms with E-state index in [-0.39, 0.29) is 31.4 Å². The Labute approximate surface area is 239 Å². The largest absolute Gasteiger partial charge is 0.464 e. The normalized spacial score (nSPS) is 14.7. The maximum atomic E-state index is 12.8. The minimum Gasteiger partial charge on any atom is -0.464 e. The zero-order chi connectivity index (χ0) is 29.6. The molecule has 13 nitrogen and oxygen atoms in total. The van der Waals surface area contributed by atoms with Gasteiger partial charge in [0.15, 0.2) is 6.10 Å². The molecule has 1 fully saturated rings. The Morgan fingerprint density at radius 1 is 1.10 bits per heavy atom. The van der Waals surface area contributed by atoms with Crippen LogP contribution in [0.25, 0.3) is 0 Å². The van der Waals surface area contributed by atoms with E-state index in [2.05, 4.69) is 20.9 Å². The molecule has 1 aliphatic carbocycles. The molecule has 41 heavy (non-hydrogen) atoms. The van der Waals surface area contributed by atoms with Crippen LogP contribution in [0.3, 0.4) is 0 Å². The average molecular weight is 573 g/mol. The zero-order valence-corrected chi connectivity index (χ0v) is 23.4. The van der Waals surface area contributed by atoms with Gasteiger partial charge < -0.3 is 20.5 Å². The van der Waals surface area contributed by atoms with Crippen LogP contribution >= 0.6 is 0 Å². The number of esters is 1. The van der Waals surface area contributed by atoms with E-state index in [1.165, 1.54) is 0 Å². The highest BCUT2D eigenvalue weighted by Crippen LogP contribution is 2.31. The molecule has 1 aliphatic rings. The molecule has 0 bridgehead atoms. The monoisotopic (exact) mass is 572 g/mol. The number of amides is 3. The SMILES string of the molecule is CCOC(=O)C(O)c1ccc(NC(=O)CCCCn2cc(CNC(=O)C(CC(=O)NO)CC3CCCC3)nn2)cc1. The number of rotatable bonds is 16. The van der Waals surface area contributed by atoms with Gasteiger partial charge in [0.2, 0.25) is 17.7 Å². The van der Waals surface area contributed by atoms with Gasteiger partial charge in [-0.3, -0.25) is 24.3 Å². The van der Waals surface area contributed by atoms with Crippen LogP contribution in [0.15, 0.2) is 30.5 Å². The number of aliphatic hydroxyl groups is 1. The van der Waals surface area contributed by atoms with Crippen molar-refractivity contribution in [3.63, 3.8) is 0 Å². The predicted octanol–water partition coefficient (Wildman–Crippen LogP) is 2.39. The number of nitrogens with zero attached hydrogens (tertiary/aromatic N) is 3. The quantitative estimate of drug-likeness (QED) is 0.0872. The van der Waals surface area contributed by atoms with Crippen molar-refractivity contribution < 1.29 is 34.2 Å². The molecule has 1 saturated carbocycles. The number of aliphatic hydroxyl groups excluding tert-OH is 1. The summed E-state index contributed by atoms with van der Waals surface area (Å²) in [6.07, 6.45) is 6.90. The van der Waals surface area contributed by atoms with Gasteiger partial charge in [-0.15, -0.1) is 5.10 Å². The van der Waals surface area contributed by atoms with Crippen LogP contribution in [0.4, 0.5) is 5.69 Å². The first kappa shape index (κ1) is 31.7. The Bertz CT molecular complexity index is 1150. The molecule has 1 aromatic carbocycles. The van der Waals surface area contributed by atoms with Crippen LogP contribution in [0.5, 0.6) is 0 Å². The summed E-state index contributed by atoms with van der Waals surface area (Å²) in [4.78, 5) is 48.4. The van der Waals surface area contributed by atoms with Crippen LogP contribution in [0.2, 0.25) is 0 Å². The summed E-state index contributed by atoms with van der Waals surface area (Å²) in [5.41, 5.74) is 3.13. The molecule has 1 heterocycles. The summed E-state index contributed by atoms with van der Waals surface area (Å²) in [5, 5.41) is 32.7. The predicted molar refractivity (Wildman–Crippen MR) is 147 cm³/mol. The van der Waals surface area contributed by atoms with E-state index in [1.54, 1.807) is 47.5 Å². The highest BCUT2D eigenvalue weighted by Gasteiger charge is 2.27. The van der Waals surface area contributed by atoms with Crippen molar-refractivity contribution in [2.24, 2.45) is 11.8 Å². The minimum atomic E-state index is -1.37. The fourth-order valence-corrected chi connectivity index (χ4v) is 4.94. The third-order valence-corrected chi connectivity index (χ3v) is 7.11. The molecule has 0 aliphatic heterocycles. The summed E-state index contributed by atoms with van der Waals surface area (Å²) in [6, 6.07) is 6.35. The average Bonchev–Trinajstić information content (AvgIpc) is 3.66. The lowest BCUT2D eigenvalue weighted by Gasteiger charge is -2.19. The third-order valence-electron chi connectivity index (χ3n) is 7.11. The van der Waals surface area contributed by atoms with Gasteiger partial charge in [0.25, 0.3) is 0 Å². The lowest BCUT2D eigenvalue weighted by Crippen LogP contribution is -2.35. The van der Waals surface area contributed by atoms with E-state index in [4.69, 9.17) is 9.94 Å². The Hall–Kier alpha value is -3.84. The Balaban J connectivity index is 1.36. The van der Waals surface area contributed by atoms with Crippen LogP contribution in [-0.4, -0.2) is 55.6 Å². The molecule has 13 heteroatoms. The lowest BCUT2D eigenvalue weighted by atomic mass is 9.90. The zero-order valence-electron chi connectivity index (χ0n) is 23.4. The minimum absolute atomic E-state index is 0.0664. The van der Waals surface area contributed by atoms with E-state index < -0.39 is 23.9 Å². The van der Waals surface area contributed by atoms with Gasteiger partial charge >= 0.3 is 5.97 Å². The Morgan fingerprint density at radius 2 is 1.83 bits per heavy atom. The van der Waals surface area contributed by atoms with Crippen molar-refractivity contribution in [3.05, 3.63) is 41.7 Å². The lowest BCUT2D eigenvalue weighted by molar-refractivity contribution is -0.153. The maximum absolute atomic E-state index is 12.8. The van der Waals surface area contributed by atoms with Crippen LogP contribution in [0, 0.1) is 11.8 Å². The van der Waals surface area contributed by atoms with E-state index in [1.807, 2.05) is 0 Å². The number of unbranched alkanes of at least 4 members (excludes halogenated alkanes) is 1. The molecule has 0 spiro atoms. The number of hydrogen-bond donors (Lipinski definition) is 5. The Kier molecular flexibility index (Phi) is 12.7. The van der Waals surface area contributed by atoms with Crippen LogP contribution in [-0.2, 0) is 37.0 Å². The topological polar surface area (TPSA) is 185 Å². The summed E-state index contributed by atoms with van der Waals surface area (Å²) >= 11 is 0. The van der Waals surface area contributed by atoms with Crippen LogP contribution in [0.1, 0.15) is 82.1 Å². The van der Waals surface area contributed by atoms with E-state index in [9.17, 15) is 24.3 Å². The number of hydrogen-bond acceptors (Lipinski definition) is 9. The second kappa shape index (κ2) is 16.4. The summed E-state index contributed by atoms with van der Waals surface area (Å²) < 4.78 is 6.46. The highest BCUT2D eigenvalue weighted by atomic mass is 16.5. The van der Waals surface area contributed by atoms with Crippen LogP contribution < -0.4 is 16.1 Å². The van der Waals surface area contributed by atoms with Crippen molar-refractivity contribution in [1.29, 1.82) is 0 Å². The molecule has 1 aromatic heterocycles. The number of aryl methyl sites for hydroxylation is 1. The molecule has 3 amide bonds. The maximum Gasteiger partial charge on any atom is 0.339 e. The van der Waals surface area contributed by atoms with Gasteiger partial charge in [-0.2, -0.15) is 0 Å². The summed E-state index contributed by atoms with van der Waals surface area (Å²) in [5.74, 6) is -1.80. The molecular formula is C28H40N6O7. The number of hydroxylamine groups is 1. The third kappa shape index (κ3) is 10.6. The molecule has 0 saturated heterocycles. The first-order chi connectivity index (χ1) is 19.8. The second-order valence-corrected chi connectivity index (χ2v) is 10.3. The van der Waals surface area contributed by atoms with Gasteiger partial charge in [0.05, 0.1) is 19.3 Å². The molecule has 0 radical (unpaired) electrons. The van der Waals surface area contributed by atoms with Gasteiger partial charge in [0, 0.05) is 31.0 Å². The summed E-state index contributed by atoms with van der Waals surface area (Å²) in [6.45, 7) is 2.57. The van der Waals surface area contributed by atoms with Gasteiger partial charge in [0.1, 0.15) is 5.69 Å². The van der Waals surface area contributed by atoms with E-state index in [0.29, 0.717) is 55.1 Å². The number of aromatic nitrogens is 3. The van der Waals surface area contributed by atoms with Gasteiger partial charge in [-0.25, -0.2) is 10.3 Å². The van der Waals surface area contributed by atoms with Crippen molar-refractivity contribution in [2.45, 2.75) is 83.9 Å². The number of benzene rings is 1. The smallest absolute Gasteiger partial charge is 0.339 e. The second-order valence-electron chi connectivity index (χ2n) is 10.3. The van der Waals surface area contributed by atoms with Gasteiger partial charge in [-0.05, 0) is 49.8 Å². The number of nitrogens with one attached hydrogen (secondary N) is 3. The molecule has 2 aromatic rings.